The minimum Gasteiger partial charge on any atom is -0.504 e. The summed E-state index contributed by atoms with van der Waals surface area (Å²) in [4.78, 5) is 4.64. The van der Waals surface area contributed by atoms with Crippen LogP contribution in [0.4, 0.5) is 11.4 Å². The molecule has 2 N–H and O–H groups in total. The largest absolute Gasteiger partial charge is 0.504 e. The molecule has 3 atom stereocenters. The van der Waals surface area contributed by atoms with Gasteiger partial charge in [-0.05, 0) is 88.9 Å². The lowest BCUT2D eigenvalue weighted by molar-refractivity contribution is 0.317. The van der Waals surface area contributed by atoms with E-state index < -0.39 is 0 Å². The summed E-state index contributed by atoms with van der Waals surface area (Å²) in [6.45, 7) is 2.40. The Morgan fingerprint density at radius 1 is 1.16 bits per heavy atom. The molecular weight excluding hydrogens is 511 g/mol. The van der Waals surface area contributed by atoms with Crippen molar-refractivity contribution >= 4 is 40.2 Å². The number of aromatic hydroxyl groups is 1. The molecule has 1 aliphatic carbocycles. The number of rotatable bonds is 5. The van der Waals surface area contributed by atoms with Crippen LogP contribution in [0.5, 0.6) is 11.5 Å². The number of phenols is 1. The van der Waals surface area contributed by atoms with Gasteiger partial charge in [0.05, 0.1) is 21.9 Å². The monoisotopic (exact) mass is 536 g/mol. The van der Waals surface area contributed by atoms with Gasteiger partial charge in [0.15, 0.2) is 11.5 Å². The van der Waals surface area contributed by atoms with Crippen LogP contribution in [0.3, 0.4) is 0 Å². The molecule has 0 bridgehead atoms. The predicted octanol–water partition coefficient (Wildman–Crippen LogP) is 6.97. The Kier molecular flexibility index (Phi) is 5.91. The second-order valence-electron chi connectivity index (χ2n) is 8.19. The molecule has 5 rings (SSSR count). The number of halogens is 1. The van der Waals surface area contributed by atoms with Crippen molar-refractivity contribution in [2.45, 2.75) is 25.3 Å². The fraction of sp³-hybridized carbons (Fsp3) is 0.222. The molecule has 162 valence electrons. The second kappa shape index (κ2) is 8.98. The maximum absolute atomic E-state index is 10.1. The maximum Gasteiger partial charge on any atom is 0.171 e. The van der Waals surface area contributed by atoms with Gasteiger partial charge in [-0.3, -0.25) is 4.99 Å². The van der Waals surface area contributed by atoms with Gasteiger partial charge in [-0.15, -0.1) is 0 Å². The first kappa shape index (κ1) is 21.1. The molecule has 0 radical (unpaired) electrons. The van der Waals surface area contributed by atoms with Crippen molar-refractivity contribution < 1.29 is 9.84 Å². The van der Waals surface area contributed by atoms with E-state index in [1.807, 2.05) is 25.3 Å². The summed E-state index contributed by atoms with van der Waals surface area (Å²) < 4.78 is 6.27. The number of phenolic OH excluding ortho intramolecular Hbond substituents is 1. The Morgan fingerprint density at radius 3 is 2.78 bits per heavy atom. The molecule has 3 aromatic carbocycles. The maximum atomic E-state index is 10.1. The summed E-state index contributed by atoms with van der Waals surface area (Å²) in [5.74, 6) is 1.68. The third kappa shape index (κ3) is 4.01. The fourth-order valence-corrected chi connectivity index (χ4v) is 5.35. The molecule has 5 heteroatoms. The lowest BCUT2D eigenvalue weighted by Gasteiger charge is -2.37. The molecule has 0 aromatic heterocycles. The van der Waals surface area contributed by atoms with Gasteiger partial charge in [0.1, 0.15) is 0 Å². The molecular formula is C27H25IN2O2. The number of anilines is 1. The fourth-order valence-electron chi connectivity index (χ4n) is 4.72. The number of aliphatic imine (C=N–C) groups is 1. The number of allylic oxidation sites excluding steroid dienone is 2. The van der Waals surface area contributed by atoms with Crippen molar-refractivity contribution in [3.05, 3.63) is 93.1 Å². The van der Waals surface area contributed by atoms with Crippen LogP contribution in [0, 0.1) is 9.49 Å². The smallest absolute Gasteiger partial charge is 0.171 e. The van der Waals surface area contributed by atoms with Gasteiger partial charge < -0.3 is 15.2 Å². The van der Waals surface area contributed by atoms with Gasteiger partial charge in [0.2, 0.25) is 0 Å². The van der Waals surface area contributed by atoms with Crippen LogP contribution in [0.25, 0.3) is 0 Å². The van der Waals surface area contributed by atoms with Crippen molar-refractivity contribution in [3.8, 4) is 11.5 Å². The lowest BCUT2D eigenvalue weighted by atomic mass is 9.77. The number of ether oxygens (including phenoxy) is 1. The van der Waals surface area contributed by atoms with Crippen LogP contribution in [0.1, 0.15) is 42.0 Å². The van der Waals surface area contributed by atoms with Crippen LogP contribution in [0.2, 0.25) is 0 Å². The number of nitrogens with one attached hydrogen (secondary N) is 1. The highest BCUT2D eigenvalue weighted by atomic mass is 127. The summed E-state index contributed by atoms with van der Waals surface area (Å²) in [5, 5.41) is 13.9. The highest BCUT2D eigenvalue weighted by molar-refractivity contribution is 14.1. The summed E-state index contributed by atoms with van der Waals surface area (Å²) in [7, 11) is 0. The zero-order valence-electron chi connectivity index (χ0n) is 17.8. The van der Waals surface area contributed by atoms with E-state index in [2.05, 4.69) is 93.6 Å². The summed E-state index contributed by atoms with van der Waals surface area (Å²) in [6.07, 6.45) is 7.59. The van der Waals surface area contributed by atoms with E-state index in [4.69, 9.17) is 4.74 Å². The Balaban J connectivity index is 1.36. The average Bonchev–Trinajstić information content (AvgIpc) is 3.31. The molecule has 3 aromatic rings. The van der Waals surface area contributed by atoms with Crippen molar-refractivity contribution in [2.75, 3.05) is 11.9 Å². The van der Waals surface area contributed by atoms with Gasteiger partial charge >= 0.3 is 0 Å². The molecule has 0 unspecified atom stereocenters. The molecule has 0 amide bonds. The third-order valence-corrected chi connectivity index (χ3v) is 7.06. The normalized spacial score (nSPS) is 21.2. The highest BCUT2D eigenvalue weighted by Gasteiger charge is 2.37. The molecule has 0 fully saturated rings. The van der Waals surface area contributed by atoms with Crippen LogP contribution in [-0.4, -0.2) is 17.9 Å². The Hall–Kier alpha value is -2.80. The van der Waals surface area contributed by atoms with Crippen LogP contribution >= 0.6 is 22.6 Å². The highest BCUT2D eigenvalue weighted by Crippen LogP contribution is 2.49. The third-order valence-electron chi connectivity index (χ3n) is 6.24. The van der Waals surface area contributed by atoms with E-state index in [9.17, 15) is 5.11 Å². The molecule has 0 saturated heterocycles. The van der Waals surface area contributed by atoms with E-state index in [0.717, 1.165) is 21.2 Å². The van der Waals surface area contributed by atoms with E-state index in [0.29, 0.717) is 24.2 Å². The lowest BCUT2D eigenvalue weighted by Crippen LogP contribution is -2.28. The molecule has 32 heavy (non-hydrogen) atoms. The zero-order chi connectivity index (χ0) is 22.1. The minimum atomic E-state index is 0.176. The zero-order valence-corrected chi connectivity index (χ0v) is 20.0. The van der Waals surface area contributed by atoms with E-state index in [1.165, 1.54) is 16.8 Å². The molecule has 0 spiro atoms. The van der Waals surface area contributed by atoms with E-state index in [-0.39, 0.29) is 11.8 Å². The molecule has 4 nitrogen and oxygen atoms in total. The standard InChI is InChI=1S/C27H25IN2O2/c1-2-32-25-15-17(14-23(28)27(25)31)16-29-19-12-10-18(11-13-19)26-22-8-5-7-20(22)21-6-3-4-9-24(21)30-26/h3-7,9-16,20,22,26,30-31H,2,8H2,1H3/t20-,22+,26+/m1/s1. The van der Waals surface area contributed by atoms with Crippen molar-refractivity contribution in [3.63, 3.8) is 0 Å². The van der Waals surface area contributed by atoms with Crippen LogP contribution < -0.4 is 10.1 Å². The van der Waals surface area contributed by atoms with Crippen molar-refractivity contribution in [1.29, 1.82) is 0 Å². The van der Waals surface area contributed by atoms with Gasteiger partial charge in [0, 0.05) is 17.8 Å². The quantitative estimate of drug-likeness (QED) is 0.210. The second-order valence-corrected chi connectivity index (χ2v) is 9.36. The SMILES string of the molecule is CCOc1cc(C=Nc2ccc([C@@H]3Nc4ccccc4[C@H]4C=CC[C@@H]43)cc2)cc(I)c1O. The van der Waals surface area contributed by atoms with Gasteiger partial charge in [-0.2, -0.15) is 0 Å². The van der Waals surface area contributed by atoms with Crippen molar-refractivity contribution in [1.82, 2.24) is 0 Å². The topological polar surface area (TPSA) is 53.8 Å². The van der Waals surface area contributed by atoms with Crippen LogP contribution in [-0.2, 0) is 0 Å². The number of fused-ring (bicyclic) bond motifs is 3. The number of benzene rings is 3. The molecule has 0 saturated carbocycles. The summed E-state index contributed by atoms with van der Waals surface area (Å²) in [5.41, 5.74) is 5.71. The number of hydrogen-bond donors (Lipinski definition) is 2. The van der Waals surface area contributed by atoms with Gasteiger partial charge in [-0.1, -0.05) is 42.5 Å². The van der Waals surface area contributed by atoms with E-state index >= 15 is 0 Å². The first-order valence-corrected chi connectivity index (χ1v) is 12.0. The number of para-hydroxylation sites is 1. The number of hydrogen-bond acceptors (Lipinski definition) is 4. The molecule has 2 aliphatic rings. The first-order valence-electron chi connectivity index (χ1n) is 11.0. The summed E-state index contributed by atoms with van der Waals surface area (Å²) >= 11 is 2.11. The van der Waals surface area contributed by atoms with Gasteiger partial charge in [-0.25, -0.2) is 0 Å². The molecule has 1 aliphatic heterocycles. The van der Waals surface area contributed by atoms with Crippen molar-refractivity contribution in [2.24, 2.45) is 10.9 Å². The Morgan fingerprint density at radius 2 is 1.97 bits per heavy atom. The molecule has 1 heterocycles. The average molecular weight is 536 g/mol. The number of nitrogens with zero attached hydrogens (tertiary/aromatic N) is 1. The Labute approximate surface area is 202 Å². The first-order chi connectivity index (χ1) is 15.6. The van der Waals surface area contributed by atoms with Gasteiger partial charge in [0.25, 0.3) is 0 Å². The predicted molar refractivity (Wildman–Crippen MR) is 138 cm³/mol. The van der Waals surface area contributed by atoms with E-state index in [1.54, 1.807) is 0 Å². The van der Waals surface area contributed by atoms with Crippen LogP contribution in [0.15, 0.2) is 77.8 Å². The Bertz CT molecular complexity index is 1190. The summed E-state index contributed by atoms with van der Waals surface area (Å²) in [6, 6.07) is 21.1. The minimum absolute atomic E-state index is 0.176.